The van der Waals surface area contributed by atoms with Crippen LogP contribution in [0.2, 0.25) is 0 Å². The van der Waals surface area contributed by atoms with Crippen LogP contribution in [0.25, 0.3) is 0 Å². The number of halogens is 1. The zero-order chi connectivity index (χ0) is 7.84. The van der Waals surface area contributed by atoms with Gasteiger partial charge in [-0.2, -0.15) is 0 Å². The molecule has 1 saturated carbocycles. The Bertz CT molecular complexity index is 272. The monoisotopic (exact) mass is 211 g/mol. The highest BCUT2D eigenvalue weighted by molar-refractivity contribution is 9.10. The van der Waals surface area contributed by atoms with Crippen molar-refractivity contribution in [2.24, 2.45) is 5.73 Å². The summed E-state index contributed by atoms with van der Waals surface area (Å²) >= 11 is 3.51. The highest BCUT2D eigenvalue weighted by Gasteiger charge is 2.35. The van der Waals surface area contributed by atoms with Crippen molar-refractivity contribution in [2.45, 2.75) is 18.4 Å². The average molecular weight is 212 g/mol. The van der Waals surface area contributed by atoms with Crippen LogP contribution in [0.15, 0.2) is 28.7 Å². The molecule has 0 spiro atoms. The Kier molecular flexibility index (Phi) is 1.74. The molecule has 1 nitrogen and oxygen atoms in total. The van der Waals surface area contributed by atoms with Crippen molar-refractivity contribution in [3.05, 3.63) is 34.3 Å². The molecule has 2 heteroatoms. The lowest BCUT2D eigenvalue weighted by Gasteiger charge is -2.00. The smallest absolute Gasteiger partial charge is 0.0210 e. The highest BCUT2D eigenvalue weighted by atomic mass is 79.9. The molecular weight excluding hydrogens is 202 g/mol. The van der Waals surface area contributed by atoms with Gasteiger partial charge in [-0.3, -0.25) is 0 Å². The fourth-order valence-corrected chi connectivity index (χ4v) is 1.93. The van der Waals surface area contributed by atoms with E-state index in [4.69, 9.17) is 5.73 Å². The third kappa shape index (κ3) is 1.33. The minimum atomic E-state index is 0.397. The lowest BCUT2D eigenvalue weighted by molar-refractivity contribution is 0.986. The molecule has 2 atom stereocenters. The van der Waals surface area contributed by atoms with Crippen LogP contribution in [-0.4, -0.2) is 6.04 Å². The maximum absolute atomic E-state index is 5.75. The molecule has 1 fully saturated rings. The zero-order valence-corrected chi connectivity index (χ0v) is 7.71. The van der Waals surface area contributed by atoms with Crippen molar-refractivity contribution >= 4 is 15.9 Å². The van der Waals surface area contributed by atoms with E-state index in [9.17, 15) is 0 Å². The molecule has 1 aromatic rings. The Morgan fingerprint density at radius 3 is 2.55 bits per heavy atom. The highest BCUT2D eigenvalue weighted by Crippen LogP contribution is 2.41. The lowest BCUT2D eigenvalue weighted by Crippen LogP contribution is -2.01. The van der Waals surface area contributed by atoms with Crippen LogP contribution in [0, 0.1) is 0 Å². The predicted octanol–water partition coefficient (Wildman–Crippen LogP) is 2.26. The van der Waals surface area contributed by atoms with Gasteiger partial charge in [0.15, 0.2) is 0 Å². The van der Waals surface area contributed by atoms with Gasteiger partial charge in [0.05, 0.1) is 0 Å². The molecular formula is C9H10BrN. The van der Waals surface area contributed by atoms with Crippen molar-refractivity contribution in [1.82, 2.24) is 0 Å². The molecule has 1 unspecified atom stereocenters. The van der Waals surface area contributed by atoms with Gasteiger partial charge in [0.1, 0.15) is 0 Å². The van der Waals surface area contributed by atoms with Gasteiger partial charge < -0.3 is 5.73 Å². The summed E-state index contributed by atoms with van der Waals surface area (Å²) in [5, 5.41) is 0. The first-order valence-corrected chi connectivity index (χ1v) is 4.58. The van der Waals surface area contributed by atoms with E-state index in [-0.39, 0.29) is 0 Å². The van der Waals surface area contributed by atoms with E-state index in [2.05, 4.69) is 34.1 Å². The second-order valence-corrected chi connectivity index (χ2v) is 3.88. The van der Waals surface area contributed by atoms with E-state index in [1.165, 1.54) is 10.0 Å². The average Bonchev–Trinajstić information content (AvgIpc) is 2.68. The first kappa shape index (κ1) is 7.32. The van der Waals surface area contributed by atoms with Crippen LogP contribution in [0.1, 0.15) is 17.9 Å². The van der Waals surface area contributed by atoms with E-state index in [0.717, 1.165) is 6.42 Å². The molecule has 2 rings (SSSR count). The van der Waals surface area contributed by atoms with Crippen molar-refractivity contribution in [1.29, 1.82) is 0 Å². The first-order chi connectivity index (χ1) is 5.29. The normalized spacial score (nSPS) is 28.5. The summed E-state index contributed by atoms with van der Waals surface area (Å²) in [7, 11) is 0. The Morgan fingerprint density at radius 1 is 1.36 bits per heavy atom. The van der Waals surface area contributed by atoms with Crippen molar-refractivity contribution in [3.8, 4) is 0 Å². The molecule has 0 saturated heterocycles. The molecule has 1 aliphatic rings. The fourth-order valence-electron chi connectivity index (χ4n) is 1.35. The quantitative estimate of drug-likeness (QED) is 0.759. The van der Waals surface area contributed by atoms with Crippen LogP contribution in [0.5, 0.6) is 0 Å². The SMILES string of the molecule is N[C@@H]1CC1c1ccccc1Br. The minimum absolute atomic E-state index is 0.397. The standard InChI is InChI=1S/C9H10BrN/c10-8-4-2-1-3-6(8)7-5-9(7)11/h1-4,7,9H,5,11H2/t7?,9-/m1/s1. The molecule has 0 radical (unpaired) electrons. The molecule has 58 valence electrons. The molecule has 11 heavy (non-hydrogen) atoms. The molecule has 2 N–H and O–H groups in total. The van der Waals surface area contributed by atoms with Crippen LogP contribution in [0.3, 0.4) is 0 Å². The maximum Gasteiger partial charge on any atom is 0.0210 e. The summed E-state index contributed by atoms with van der Waals surface area (Å²) in [6.07, 6.45) is 1.14. The van der Waals surface area contributed by atoms with Gasteiger partial charge in [0.2, 0.25) is 0 Å². The predicted molar refractivity (Wildman–Crippen MR) is 49.5 cm³/mol. The Hall–Kier alpha value is -0.340. The number of hydrogen-bond donors (Lipinski definition) is 1. The molecule has 0 aromatic heterocycles. The Labute approximate surface area is 74.7 Å². The van der Waals surface area contributed by atoms with Gasteiger partial charge >= 0.3 is 0 Å². The topological polar surface area (TPSA) is 26.0 Å². The van der Waals surface area contributed by atoms with Crippen molar-refractivity contribution < 1.29 is 0 Å². The minimum Gasteiger partial charge on any atom is -0.327 e. The van der Waals surface area contributed by atoms with Crippen LogP contribution in [-0.2, 0) is 0 Å². The second kappa shape index (κ2) is 2.61. The Morgan fingerprint density at radius 2 is 2.00 bits per heavy atom. The first-order valence-electron chi connectivity index (χ1n) is 3.79. The molecule has 0 aliphatic heterocycles. The molecule has 0 amide bonds. The molecule has 0 heterocycles. The van der Waals surface area contributed by atoms with Gasteiger partial charge in [-0.1, -0.05) is 34.1 Å². The van der Waals surface area contributed by atoms with E-state index in [1.54, 1.807) is 0 Å². The maximum atomic E-state index is 5.75. The van der Waals surface area contributed by atoms with Crippen LogP contribution >= 0.6 is 15.9 Å². The zero-order valence-electron chi connectivity index (χ0n) is 6.13. The van der Waals surface area contributed by atoms with E-state index in [0.29, 0.717) is 12.0 Å². The third-order valence-corrected chi connectivity index (χ3v) is 2.87. The van der Waals surface area contributed by atoms with E-state index < -0.39 is 0 Å². The van der Waals surface area contributed by atoms with E-state index in [1.807, 2.05) is 6.07 Å². The number of nitrogens with two attached hydrogens (primary N) is 1. The van der Waals surface area contributed by atoms with Gasteiger partial charge in [0.25, 0.3) is 0 Å². The number of hydrogen-bond acceptors (Lipinski definition) is 1. The van der Waals surface area contributed by atoms with Crippen molar-refractivity contribution in [2.75, 3.05) is 0 Å². The number of benzene rings is 1. The molecule has 1 aliphatic carbocycles. The summed E-state index contributed by atoms with van der Waals surface area (Å²) in [4.78, 5) is 0. The molecule has 1 aromatic carbocycles. The summed E-state index contributed by atoms with van der Waals surface area (Å²) in [6.45, 7) is 0. The summed E-state index contributed by atoms with van der Waals surface area (Å²) in [5.41, 5.74) is 7.11. The fraction of sp³-hybridized carbons (Fsp3) is 0.333. The van der Waals surface area contributed by atoms with Gasteiger partial charge in [-0.25, -0.2) is 0 Å². The van der Waals surface area contributed by atoms with Gasteiger partial charge in [-0.15, -0.1) is 0 Å². The van der Waals surface area contributed by atoms with Gasteiger partial charge in [0, 0.05) is 16.4 Å². The largest absolute Gasteiger partial charge is 0.327 e. The van der Waals surface area contributed by atoms with Crippen molar-refractivity contribution in [3.63, 3.8) is 0 Å². The summed E-state index contributed by atoms with van der Waals surface area (Å²) < 4.78 is 1.19. The van der Waals surface area contributed by atoms with Crippen LogP contribution in [0.4, 0.5) is 0 Å². The lowest BCUT2D eigenvalue weighted by atomic mass is 10.1. The second-order valence-electron chi connectivity index (χ2n) is 3.03. The Balaban J connectivity index is 2.31. The van der Waals surface area contributed by atoms with Gasteiger partial charge in [-0.05, 0) is 18.1 Å². The summed E-state index contributed by atoms with van der Waals surface area (Å²) in [6, 6.07) is 8.70. The van der Waals surface area contributed by atoms with E-state index >= 15 is 0 Å². The summed E-state index contributed by atoms with van der Waals surface area (Å²) in [5.74, 6) is 0.602. The molecule has 0 bridgehead atoms. The third-order valence-electron chi connectivity index (χ3n) is 2.14. The number of rotatable bonds is 1. The van der Waals surface area contributed by atoms with Crippen LogP contribution < -0.4 is 5.73 Å².